The van der Waals surface area contributed by atoms with E-state index in [9.17, 15) is 4.79 Å². The van der Waals surface area contributed by atoms with Crippen LogP contribution in [0.15, 0.2) is 28.2 Å². The van der Waals surface area contributed by atoms with Crippen molar-refractivity contribution >= 4 is 44.8 Å². The zero-order chi connectivity index (χ0) is 12.4. The van der Waals surface area contributed by atoms with Crippen LogP contribution in [0.25, 0.3) is 10.4 Å². The molecule has 17 heavy (non-hydrogen) atoms. The molecule has 0 atom stereocenters. The van der Waals surface area contributed by atoms with E-state index in [-0.39, 0.29) is 6.42 Å². The molecular formula is C11H7BrClNO2S. The van der Waals surface area contributed by atoms with Gasteiger partial charge in [0.2, 0.25) is 0 Å². The third-order valence-corrected chi connectivity index (χ3v) is 3.91. The molecule has 0 aliphatic heterocycles. The minimum absolute atomic E-state index is 0.0933. The SMILES string of the molecule is O=C(O)Cc1nc(Br)sc1-c1cccc(Cl)c1. The largest absolute Gasteiger partial charge is 0.481 e. The van der Waals surface area contributed by atoms with Gasteiger partial charge in [-0.25, -0.2) is 4.98 Å². The van der Waals surface area contributed by atoms with Gasteiger partial charge in [0.15, 0.2) is 3.92 Å². The number of carboxylic acids is 1. The van der Waals surface area contributed by atoms with Crippen LogP contribution in [0, 0.1) is 0 Å². The van der Waals surface area contributed by atoms with E-state index in [4.69, 9.17) is 16.7 Å². The number of carboxylic acid groups (broad SMARTS) is 1. The third-order valence-electron chi connectivity index (χ3n) is 2.08. The van der Waals surface area contributed by atoms with Crippen LogP contribution < -0.4 is 0 Å². The van der Waals surface area contributed by atoms with Crippen LogP contribution >= 0.6 is 38.9 Å². The number of thiazole rings is 1. The third kappa shape index (κ3) is 3.06. The molecular weight excluding hydrogens is 326 g/mol. The van der Waals surface area contributed by atoms with E-state index in [1.165, 1.54) is 11.3 Å². The Morgan fingerprint density at radius 3 is 2.94 bits per heavy atom. The highest BCUT2D eigenvalue weighted by Crippen LogP contribution is 2.34. The molecule has 1 heterocycles. The lowest BCUT2D eigenvalue weighted by molar-refractivity contribution is -0.136. The van der Waals surface area contributed by atoms with Gasteiger partial charge in [0, 0.05) is 5.02 Å². The average molecular weight is 333 g/mol. The smallest absolute Gasteiger partial charge is 0.309 e. The minimum atomic E-state index is -0.897. The van der Waals surface area contributed by atoms with Crippen LogP contribution in [0.1, 0.15) is 5.69 Å². The van der Waals surface area contributed by atoms with E-state index in [0.717, 1.165) is 10.4 Å². The van der Waals surface area contributed by atoms with Gasteiger partial charge in [-0.3, -0.25) is 4.79 Å². The summed E-state index contributed by atoms with van der Waals surface area (Å²) in [6.45, 7) is 0. The Hall–Kier alpha value is -0.910. The molecule has 1 N–H and O–H groups in total. The van der Waals surface area contributed by atoms with E-state index in [0.29, 0.717) is 14.6 Å². The quantitative estimate of drug-likeness (QED) is 0.928. The molecule has 0 saturated heterocycles. The molecule has 0 fully saturated rings. The highest BCUT2D eigenvalue weighted by Gasteiger charge is 2.14. The van der Waals surface area contributed by atoms with Crippen LogP contribution in [-0.4, -0.2) is 16.1 Å². The number of hydrogen-bond donors (Lipinski definition) is 1. The van der Waals surface area contributed by atoms with Crippen LogP contribution in [0.2, 0.25) is 5.02 Å². The lowest BCUT2D eigenvalue weighted by Crippen LogP contribution is -2.01. The topological polar surface area (TPSA) is 50.2 Å². The summed E-state index contributed by atoms with van der Waals surface area (Å²) in [5, 5.41) is 9.44. The Kier molecular flexibility index (Phi) is 3.81. The van der Waals surface area contributed by atoms with E-state index in [1.54, 1.807) is 12.1 Å². The van der Waals surface area contributed by atoms with Crippen LogP contribution in [0.4, 0.5) is 0 Å². The minimum Gasteiger partial charge on any atom is -0.481 e. The van der Waals surface area contributed by atoms with Gasteiger partial charge in [0.05, 0.1) is 17.0 Å². The second kappa shape index (κ2) is 5.16. The first kappa shape index (κ1) is 12.5. The van der Waals surface area contributed by atoms with Gasteiger partial charge < -0.3 is 5.11 Å². The highest BCUT2D eigenvalue weighted by atomic mass is 79.9. The number of halogens is 2. The molecule has 0 aliphatic rings. The predicted molar refractivity (Wildman–Crippen MR) is 71.6 cm³/mol. The summed E-state index contributed by atoms with van der Waals surface area (Å²) in [6, 6.07) is 7.29. The van der Waals surface area contributed by atoms with Gasteiger partial charge in [0.1, 0.15) is 0 Å². The first-order valence-corrected chi connectivity index (χ1v) is 6.68. The number of carbonyl (C=O) groups is 1. The van der Waals surface area contributed by atoms with Crippen molar-refractivity contribution in [2.75, 3.05) is 0 Å². The molecule has 2 aromatic rings. The van der Waals surface area contributed by atoms with E-state index in [1.807, 2.05) is 12.1 Å². The molecule has 0 radical (unpaired) electrons. The van der Waals surface area contributed by atoms with Crippen LogP contribution in [-0.2, 0) is 11.2 Å². The predicted octanol–water partition coefficient (Wildman–Crippen LogP) is 3.85. The summed E-state index contributed by atoms with van der Waals surface area (Å²) in [5.41, 5.74) is 1.44. The molecule has 0 saturated carbocycles. The molecule has 0 unspecified atom stereocenters. The Balaban J connectivity index is 2.47. The van der Waals surface area contributed by atoms with Crippen molar-refractivity contribution in [3.05, 3.63) is 38.9 Å². The molecule has 0 spiro atoms. The first-order chi connectivity index (χ1) is 8.06. The molecule has 2 rings (SSSR count). The maximum absolute atomic E-state index is 10.8. The molecule has 1 aromatic heterocycles. The Bertz CT molecular complexity index is 570. The summed E-state index contributed by atoms with van der Waals surface area (Å²) in [4.78, 5) is 15.8. The van der Waals surface area contributed by atoms with Crippen LogP contribution in [0.5, 0.6) is 0 Å². The van der Waals surface area contributed by atoms with Crippen molar-refractivity contribution in [3.8, 4) is 10.4 Å². The lowest BCUT2D eigenvalue weighted by Gasteiger charge is -2.00. The normalized spacial score (nSPS) is 10.5. The fourth-order valence-corrected chi connectivity index (χ4v) is 3.14. The summed E-state index contributed by atoms with van der Waals surface area (Å²) in [6.07, 6.45) is -0.0933. The Morgan fingerprint density at radius 1 is 1.53 bits per heavy atom. The van der Waals surface area contributed by atoms with E-state index >= 15 is 0 Å². The van der Waals surface area contributed by atoms with E-state index in [2.05, 4.69) is 20.9 Å². The molecule has 0 bridgehead atoms. The Morgan fingerprint density at radius 2 is 2.29 bits per heavy atom. The standard InChI is InChI=1S/C11H7BrClNO2S/c12-11-14-8(5-9(15)16)10(17-11)6-2-1-3-7(13)4-6/h1-4H,5H2,(H,15,16). The number of rotatable bonds is 3. The summed E-state index contributed by atoms with van der Waals surface area (Å²) < 4.78 is 0.670. The van der Waals surface area contributed by atoms with Gasteiger partial charge in [-0.05, 0) is 33.6 Å². The number of aromatic nitrogens is 1. The van der Waals surface area contributed by atoms with Crippen molar-refractivity contribution in [2.45, 2.75) is 6.42 Å². The first-order valence-electron chi connectivity index (χ1n) is 4.69. The van der Waals surface area contributed by atoms with Gasteiger partial charge >= 0.3 is 5.97 Å². The zero-order valence-corrected chi connectivity index (χ0v) is 11.6. The molecule has 6 heteroatoms. The van der Waals surface area contributed by atoms with Crippen molar-refractivity contribution in [1.82, 2.24) is 4.98 Å². The number of hydrogen-bond acceptors (Lipinski definition) is 3. The van der Waals surface area contributed by atoms with Gasteiger partial charge in [0.25, 0.3) is 0 Å². The molecule has 1 aromatic carbocycles. The summed E-state index contributed by atoms with van der Waals surface area (Å²) >= 11 is 10.6. The number of aliphatic carboxylic acids is 1. The number of nitrogens with zero attached hydrogens (tertiary/aromatic N) is 1. The second-order valence-electron chi connectivity index (χ2n) is 3.32. The fourth-order valence-electron chi connectivity index (χ4n) is 1.44. The summed E-state index contributed by atoms with van der Waals surface area (Å²) in [5.74, 6) is -0.897. The van der Waals surface area contributed by atoms with Crippen LogP contribution in [0.3, 0.4) is 0 Å². The van der Waals surface area contributed by atoms with Crippen molar-refractivity contribution in [2.24, 2.45) is 0 Å². The molecule has 88 valence electrons. The summed E-state index contributed by atoms with van der Waals surface area (Å²) in [7, 11) is 0. The maximum atomic E-state index is 10.8. The zero-order valence-electron chi connectivity index (χ0n) is 8.48. The highest BCUT2D eigenvalue weighted by molar-refractivity contribution is 9.11. The van der Waals surface area contributed by atoms with Gasteiger partial charge in [-0.15, -0.1) is 11.3 Å². The van der Waals surface area contributed by atoms with Gasteiger partial charge in [-0.1, -0.05) is 23.7 Å². The monoisotopic (exact) mass is 331 g/mol. The average Bonchev–Trinajstić information content (AvgIpc) is 2.58. The molecule has 3 nitrogen and oxygen atoms in total. The Labute approximate surface area is 115 Å². The lowest BCUT2D eigenvalue weighted by atomic mass is 10.1. The van der Waals surface area contributed by atoms with Gasteiger partial charge in [-0.2, -0.15) is 0 Å². The van der Waals surface area contributed by atoms with Crippen molar-refractivity contribution < 1.29 is 9.90 Å². The van der Waals surface area contributed by atoms with Crippen molar-refractivity contribution in [1.29, 1.82) is 0 Å². The second-order valence-corrected chi connectivity index (χ2v) is 6.04. The fraction of sp³-hybridized carbons (Fsp3) is 0.0909. The molecule has 0 amide bonds. The van der Waals surface area contributed by atoms with Crippen molar-refractivity contribution in [3.63, 3.8) is 0 Å². The number of benzene rings is 1. The molecule has 0 aliphatic carbocycles. The van der Waals surface area contributed by atoms with E-state index < -0.39 is 5.97 Å². The maximum Gasteiger partial charge on any atom is 0.309 e.